The predicted octanol–water partition coefficient (Wildman–Crippen LogP) is 2.34. The molecule has 3 atom stereocenters. The smallest absolute Gasteiger partial charge is 0.118 e. The van der Waals surface area contributed by atoms with Crippen LogP contribution in [0.5, 0.6) is 5.75 Å². The van der Waals surface area contributed by atoms with Gasteiger partial charge in [0.15, 0.2) is 0 Å². The van der Waals surface area contributed by atoms with E-state index in [2.05, 4.69) is 17.0 Å². The normalized spacial score (nSPS) is 30.5. The molecule has 0 amide bonds. The molecule has 0 spiro atoms. The monoisotopic (exact) mass is 347 g/mol. The van der Waals surface area contributed by atoms with E-state index in [9.17, 15) is 0 Å². The summed E-state index contributed by atoms with van der Waals surface area (Å²) in [6, 6.07) is 8.86. The molecule has 138 valence electrons. The summed E-state index contributed by atoms with van der Waals surface area (Å²) in [4.78, 5) is 2.54. The molecular formula is C20H29NO4. The van der Waals surface area contributed by atoms with Crippen LogP contribution in [-0.2, 0) is 20.8 Å². The molecule has 5 heteroatoms. The first-order chi connectivity index (χ1) is 12.3. The van der Waals surface area contributed by atoms with Crippen molar-refractivity contribution in [2.24, 2.45) is 11.8 Å². The Balaban J connectivity index is 1.34. The molecule has 3 heterocycles. The van der Waals surface area contributed by atoms with Crippen LogP contribution in [0.1, 0.15) is 18.4 Å². The highest BCUT2D eigenvalue weighted by atomic mass is 16.5. The van der Waals surface area contributed by atoms with Gasteiger partial charge in [-0.3, -0.25) is 4.90 Å². The molecule has 0 radical (unpaired) electrons. The first kappa shape index (κ1) is 17.3. The van der Waals surface area contributed by atoms with Crippen LogP contribution in [0.2, 0.25) is 0 Å². The maximum absolute atomic E-state index is 6.36. The molecule has 0 saturated carbocycles. The highest BCUT2D eigenvalue weighted by molar-refractivity contribution is 5.27. The SMILES string of the molecule is COc1ccc(CN2C[C@@H](OCC3CCOCC3)[C@@H]3COC[C@@H]32)cc1. The van der Waals surface area contributed by atoms with E-state index in [0.29, 0.717) is 24.0 Å². The van der Waals surface area contributed by atoms with Crippen molar-refractivity contribution in [3.63, 3.8) is 0 Å². The maximum Gasteiger partial charge on any atom is 0.118 e. The van der Waals surface area contributed by atoms with Crippen LogP contribution in [0.25, 0.3) is 0 Å². The molecule has 3 fully saturated rings. The van der Waals surface area contributed by atoms with E-state index in [1.165, 1.54) is 5.56 Å². The second kappa shape index (κ2) is 8.04. The number of likely N-dealkylation sites (tertiary alicyclic amines) is 1. The Morgan fingerprint density at radius 2 is 1.88 bits per heavy atom. The fourth-order valence-corrected chi connectivity index (χ4v) is 4.29. The molecule has 0 unspecified atom stereocenters. The molecule has 3 aliphatic rings. The van der Waals surface area contributed by atoms with Gasteiger partial charge in [0.2, 0.25) is 0 Å². The fourth-order valence-electron chi connectivity index (χ4n) is 4.29. The molecule has 1 aromatic rings. The van der Waals surface area contributed by atoms with Crippen molar-refractivity contribution >= 4 is 0 Å². The van der Waals surface area contributed by atoms with Gasteiger partial charge in [-0.05, 0) is 36.5 Å². The number of hydrogen-bond donors (Lipinski definition) is 0. The zero-order valence-electron chi connectivity index (χ0n) is 15.1. The predicted molar refractivity (Wildman–Crippen MR) is 94.8 cm³/mol. The molecule has 1 aromatic carbocycles. The Hall–Kier alpha value is -1.14. The average molecular weight is 347 g/mol. The lowest BCUT2D eigenvalue weighted by Gasteiger charge is -2.25. The Kier molecular flexibility index (Phi) is 5.56. The van der Waals surface area contributed by atoms with Gasteiger partial charge in [-0.1, -0.05) is 12.1 Å². The van der Waals surface area contributed by atoms with Gasteiger partial charge < -0.3 is 18.9 Å². The highest BCUT2D eigenvalue weighted by Gasteiger charge is 2.45. The Morgan fingerprint density at radius 1 is 1.08 bits per heavy atom. The quantitative estimate of drug-likeness (QED) is 0.790. The number of methoxy groups -OCH3 is 1. The molecule has 5 nitrogen and oxygen atoms in total. The van der Waals surface area contributed by atoms with Gasteiger partial charge in [0.1, 0.15) is 5.75 Å². The van der Waals surface area contributed by atoms with Crippen molar-refractivity contribution in [3.05, 3.63) is 29.8 Å². The van der Waals surface area contributed by atoms with Crippen LogP contribution in [0.4, 0.5) is 0 Å². The van der Waals surface area contributed by atoms with Gasteiger partial charge in [-0.2, -0.15) is 0 Å². The van der Waals surface area contributed by atoms with Crippen molar-refractivity contribution in [2.75, 3.05) is 46.7 Å². The summed E-state index contributed by atoms with van der Waals surface area (Å²) in [7, 11) is 1.70. The summed E-state index contributed by atoms with van der Waals surface area (Å²) >= 11 is 0. The molecule has 4 rings (SSSR count). The third kappa shape index (κ3) is 4.00. The van der Waals surface area contributed by atoms with E-state index >= 15 is 0 Å². The van der Waals surface area contributed by atoms with E-state index in [1.807, 2.05) is 12.1 Å². The van der Waals surface area contributed by atoms with Crippen LogP contribution >= 0.6 is 0 Å². The minimum absolute atomic E-state index is 0.300. The van der Waals surface area contributed by atoms with Gasteiger partial charge in [-0.25, -0.2) is 0 Å². The van der Waals surface area contributed by atoms with E-state index < -0.39 is 0 Å². The maximum atomic E-state index is 6.36. The zero-order chi connectivity index (χ0) is 17.1. The summed E-state index contributed by atoms with van der Waals surface area (Å²) in [5.74, 6) is 2.08. The number of ether oxygens (including phenoxy) is 4. The molecular weight excluding hydrogens is 318 g/mol. The summed E-state index contributed by atoms with van der Waals surface area (Å²) < 4.78 is 22.8. The standard InChI is InChI=1S/C20H29NO4/c1-22-17-4-2-15(3-5-17)10-21-11-20(18-13-24-14-19(18)21)25-12-16-6-8-23-9-7-16/h2-5,16,18-20H,6-14H2,1H3/t18-,19+,20-/m1/s1. The van der Waals surface area contributed by atoms with Crippen molar-refractivity contribution in [1.82, 2.24) is 4.90 Å². The van der Waals surface area contributed by atoms with E-state index in [1.54, 1.807) is 7.11 Å². The minimum Gasteiger partial charge on any atom is -0.497 e. The third-order valence-electron chi connectivity index (χ3n) is 5.89. The largest absolute Gasteiger partial charge is 0.497 e. The van der Waals surface area contributed by atoms with Crippen molar-refractivity contribution in [3.8, 4) is 5.75 Å². The summed E-state index contributed by atoms with van der Waals surface area (Å²) in [6.07, 6.45) is 2.56. The molecule has 0 aliphatic carbocycles. The van der Waals surface area contributed by atoms with Gasteiger partial charge in [0, 0.05) is 38.3 Å². The molecule has 3 saturated heterocycles. The molecule has 0 N–H and O–H groups in total. The molecule has 0 bridgehead atoms. The summed E-state index contributed by atoms with van der Waals surface area (Å²) in [6.45, 7) is 6.27. The van der Waals surface area contributed by atoms with Crippen molar-refractivity contribution in [1.29, 1.82) is 0 Å². The second-order valence-corrected chi connectivity index (χ2v) is 7.47. The van der Waals surface area contributed by atoms with Crippen molar-refractivity contribution < 1.29 is 18.9 Å². The second-order valence-electron chi connectivity index (χ2n) is 7.47. The average Bonchev–Trinajstić information content (AvgIpc) is 3.26. The van der Waals surface area contributed by atoms with E-state index in [4.69, 9.17) is 18.9 Å². The van der Waals surface area contributed by atoms with E-state index in [-0.39, 0.29) is 0 Å². The van der Waals surface area contributed by atoms with Gasteiger partial charge >= 0.3 is 0 Å². The van der Waals surface area contributed by atoms with Crippen LogP contribution in [0, 0.1) is 11.8 Å². The van der Waals surface area contributed by atoms with Gasteiger partial charge in [0.25, 0.3) is 0 Å². The first-order valence-corrected chi connectivity index (χ1v) is 9.47. The number of nitrogens with zero attached hydrogens (tertiary/aromatic N) is 1. The minimum atomic E-state index is 0.300. The lowest BCUT2D eigenvalue weighted by atomic mass is 10.00. The topological polar surface area (TPSA) is 40.2 Å². The number of hydrogen-bond acceptors (Lipinski definition) is 5. The highest BCUT2D eigenvalue weighted by Crippen LogP contribution is 2.34. The molecule has 3 aliphatic heterocycles. The number of fused-ring (bicyclic) bond motifs is 1. The third-order valence-corrected chi connectivity index (χ3v) is 5.89. The number of rotatable bonds is 6. The van der Waals surface area contributed by atoms with E-state index in [0.717, 1.165) is 64.7 Å². The first-order valence-electron chi connectivity index (χ1n) is 9.47. The Bertz CT molecular complexity index is 543. The molecule has 0 aromatic heterocycles. The zero-order valence-corrected chi connectivity index (χ0v) is 15.1. The molecule has 25 heavy (non-hydrogen) atoms. The van der Waals surface area contributed by atoms with Crippen LogP contribution in [-0.4, -0.2) is 63.7 Å². The Morgan fingerprint density at radius 3 is 2.64 bits per heavy atom. The van der Waals surface area contributed by atoms with Crippen LogP contribution < -0.4 is 4.74 Å². The lowest BCUT2D eigenvalue weighted by molar-refractivity contribution is -0.0259. The fraction of sp³-hybridized carbons (Fsp3) is 0.700. The lowest BCUT2D eigenvalue weighted by Crippen LogP contribution is -2.32. The van der Waals surface area contributed by atoms with Crippen molar-refractivity contribution in [2.45, 2.75) is 31.5 Å². The van der Waals surface area contributed by atoms with Gasteiger partial charge in [0.05, 0.1) is 33.0 Å². The van der Waals surface area contributed by atoms with Crippen LogP contribution in [0.15, 0.2) is 24.3 Å². The summed E-state index contributed by atoms with van der Waals surface area (Å²) in [5, 5.41) is 0. The summed E-state index contributed by atoms with van der Waals surface area (Å²) in [5.41, 5.74) is 1.32. The Labute approximate surface area is 150 Å². The van der Waals surface area contributed by atoms with Crippen LogP contribution in [0.3, 0.4) is 0 Å². The van der Waals surface area contributed by atoms with Gasteiger partial charge in [-0.15, -0.1) is 0 Å². The number of benzene rings is 1.